The van der Waals surface area contributed by atoms with Crippen molar-refractivity contribution in [2.75, 3.05) is 5.32 Å². The molecule has 1 amide bonds. The number of halogens is 1. The van der Waals surface area contributed by atoms with Crippen molar-refractivity contribution in [2.45, 2.75) is 57.9 Å². The summed E-state index contributed by atoms with van der Waals surface area (Å²) < 4.78 is 13.9. The first kappa shape index (κ1) is 16.8. The Morgan fingerprint density at radius 2 is 1.96 bits per heavy atom. The molecule has 1 heterocycles. The lowest BCUT2D eigenvalue weighted by Crippen LogP contribution is -2.60. The minimum absolute atomic E-state index is 0.0149. The number of aryl methyl sites for hydroxylation is 2. The SMILES string of the molecule is Cc1nnn(C23CC4CC(CC(C(=O)Nc5ccc(C)c(F)c5)(C4)C2)C3)n1. The van der Waals surface area contributed by atoms with Gasteiger partial charge in [0.1, 0.15) is 5.82 Å². The number of benzene rings is 1. The number of anilines is 1. The molecule has 0 radical (unpaired) electrons. The van der Waals surface area contributed by atoms with Crippen molar-refractivity contribution >= 4 is 11.6 Å². The maximum absolute atomic E-state index is 13.9. The molecular weight excluding hydrogens is 345 g/mol. The highest BCUT2D eigenvalue weighted by atomic mass is 19.1. The molecule has 6 nitrogen and oxygen atoms in total. The van der Waals surface area contributed by atoms with Gasteiger partial charge in [0.15, 0.2) is 5.82 Å². The van der Waals surface area contributed by atoms with Gasteiger partial charge in [-0.3, -0.25) is 4.79 Å². The number of tetrazole rings is 1. The monoisotopic (exact) mass is 369 g/mol. The predicted molar refractivity (Wildman–Crippen MR) is 97.4 cm³/mol. The van der Waals surface area contributed by atoms with Gasteiger partial charge < -0.3 is 5.32 Å². The summed E-state index contributed by atoms with van der Waals surface area (Å²) in [5.74, 6) is 1.41. The number of carbonyl (C=O) groups excluding carboxylic acids is 1. The summed E-state index contributed by atoms with van der Waals surface area (Å²) in [5.41, 5.74) is 0.478. The highest BCUT2D eigenvalue weighted by molar-refractivity contribution is 5.95. The molecule has 4 fully saturated rings. The van der Waals surface area contributed by atoms with Gasteiger partial charge in [0.2, 0.25) is 5.91 Å². The van der Waals surface area contributed by atoms with Gasteiger partial charge in [0, 0.05) is 5.69 Å². The van der Waals surface area contributed by atoms with Crippen LogP contribution in [0.4, 0.5) is 10.1 Å². The van der Waals surface area contributed by atoms with Crippen molar-refractivity contribution in [1.82, 2.24) is 20.2 Å². The molecular formula is C20H24FN5O. The molecule has 4 aliphatic rings. The van der Waals surface area contributed by atoms with Crippen LogP contribution in [0.1, 0.15) is 49.9 Å². The maximum atomic E-state index is 13.9. The average Bonchev–Trinajstić information content (AvgIpc) is 3.04. The van der Waals surface area contributed by atoms with E-state index in [0.29, 0.717) is 28.9 Å². The Morgan fingerprint density at radius 1 is 1.22 bits per heavy atom. The predicted octanol–water partition coefficient (Wildman–Crippen LogP) is 3.36. The molecule has 0 spiro atoms. The number of carbonyl (C=O) groups is 1. The first-order chi connectivity index (χ1) is 12.9. The van der Waals surface area contributed by atoms with Crippen LogP contribution in [0.2, 0.25) is 0 Å². The van der Waals surface area contributed by atoms with Crippen molar-refractivity contribution in [1.29, 1.82) is 0 Å². The minimum atomic E-state index is -0.424. The zero-order valence-corrected chi connectivity index (χ0v) is 15.7. The van der Waals surface area contributed by atoms with Gasteiger partial charge in [-0.1, -0.05) is 6.07 Å². The number of amides is 1. The van der Waals surface area contributed by atoms with Gasteiger partial charge in [-0.25, -0.2) is 4.39 Å². The van der Waals surface area contributed by atoms with E-state index in [2.05, 4.69) is 20.7 Å². The Hall–Kier alpha value is -2.31. The van der Waals surface area contributed by atoms with E-state index in [1.807, 2.05) is 6.92 Å². The molecule has 2 atom stereocenters. The standard InChI is InChI=1S/C20H24FN5O/c1-12-3-4-16(6-17(12)21)22-18(27)19-7-14-5-15(8-19)10-20(9-14,11-19)26-24-13(2)23-25-26/h3-4,6,14-15H,5,7-11H2,1-2H3,(H,22,27). The van der Waals surface area contributed by atoms with E-state index in [1.54, 1.807) is 23.9 Å². The Bertz CT molecular complexity index is 909. The lowest BCUT2D eigenvalue weighted by molar-refractivity contribution is -0.152. The summed E-state index contributed by atoms with van der Waals surface area (Å²) in [5, 5.41) is 15.9. The second kappa shape index (κ2) is 5.59. The second-order valence-electron chi connectivity index (χ2n) is 9.01. The van der Waals surface area contributed by atoms with Crippen LogP contribution in [-0.4, -0.2) is 26.1 Å². The highest BCUT2D eigenvalue weighted by Gasteiger charge is 2.62. The average molecular weight is 369 g/mol. The Kier molecular flexibility index (Phi) is 3.49. The van der Waals surface area contributed by atoms with Crippen LogP contribution in [0.3, 0.4) is 0 Å². The lowest BCUT2D eigenvalue weighted by atomic mass is 9.46. The Morgan fingerprint density at radius 3 is 2.59 bits per heavy atom. The molecule has 1 aromatic carbocycles. The van der Waals surface area contributed by atoms with Gasteiger partial charge >= 0.3 is 0 Å². The zero-order valence-electron chi connectivity index (χ0n) is 15.7. The minimum Gasteiger partial charge on any atom is -0.326 e. The Balaban J connectivity index is 1.46. The van der Waals surface area contributed by atoms with Crippen LogP contribution >= 0.6 is 0 Å². The third-order valence-electron chi connectivity index (χ3n) is 6.88. The molecule has 4 bridgehead atoms. The molecule has 7 heteroatoms. The van der Waals surface area contributed by atoms with Crippen LogP contribution in [0.25, 0.3) is 0 Å². The van der Waals surface area contributed by atoms with Crippen molar-refractivity contribution in [3.8, 4) is 0 Å². The van der Waals surface area contributed by atoms with Crippen molar-refractivity contribution in [3.63, 3.8) is 0 Å². The number of hydrogen-bond donors (Lipinski definition) is 1. The van der Waals surface area contributed by atoms with Gasteiger partial charge in [0.05, 0.1) is 11.0 Å². The Labute approximate surface area is 157 Å². The van der Waals surface area contributed by atoms with Crippen LogP contribution in [0.15, 0.2) is 18.2 Å². The van der Waals surface area contributed by atoms with Gasteiger partial charge in [-0.05, 0) is 87.1 Å². The lowest BCUT2D eigenvalue weighted by Gasteiger charge is -2.60. The van der Waals surface area contributed by atoms with Gasteiger partial charge in [0.25, 0.3) is 0 Å². The van der Waals surface area contributed by atoms with Crippen LogP contribution in [0, 0.1) is 36.9 Å². The molecule has 0 aliphatic heterocycles. The number of rotatable bonds is 3. The van der Waals surface area contributed by atoms with Crippen LogP contribution < -0.4 is 5.32 Å². The summed E-state index contributed by atoms with van der Waals surface area (Å²) in [4.78, 5) is 15.1. The van der Waals surface area contributed by atoms with Crippen molar-refractivity contribution in [3.05, 3.63) is 35.4 Å². The summed E-state index contributed by atoms with van der Waals surface area (Å²) in [6, 6.07) is 4.88. The largest absolute Gasteiger partial charge is 0.326 e. The molecule has 2 aromatic rings. The summed E-state index contributed by atoms with van der Waals surface area (Å²) >= 11 is 0. The highest BCUT2D eigenvalue weighted by Crippen LogP contribution is 2.64. The molecule has 27 heavy (non-hydrogen) atoms. The third kappa shape index (κ3) is 2.58. The molecule has 4 aliphatic carbocycles. The van der Waals surface area contributed by atoms with Crippen LogP contribution in [-0.2, 0) is 10.3 Å². The first-order valence-electron chi connectivity index (χ1n) is 9.72. The van der Waals surface area contributed by atoms with E-state index in [1.165, 1.54) is 12.5 Å². The molecule has 142 valence electrons. The fourth-order valence-electron chi connectivity index (χ4n) is 6.13. The smallest absolute Gasteiger partial charge is 0.230 e. The van der Waals surface area contributed by atoms with Gasteiger partial charge in [-0.15, -0.1) is 10.2 Å². The van der Waals surface area contributed by atoms with E-state index in [4.69, 9.17) is 0 Å². The van der Waals surface area contributed by atoms with Gasteiger partial charge in [-0.2, -0.15) is 4.80 Å². The molecule has 1 N–H and O–H groups in total. The zero-order chi connectivity index (χ0) is 18.8. The number of nitrogens with zero attached hydrogens (tertiary/aromatic N) is 4. The van der Waals surface area contributed by atoms with E-state index in [-0.39, 0.29) is 17.3 Å². The van der Waals surface area contributed by atoms with E-state index >= 15 is 0 Å². The maximum Gasteiger partial charge on any atom is 0.230 e. The molecule has 4 saturated carbocycles. The number of nitrogens with one attached hydrogen (secondary N) is 1. The normalized spacial score (nSPS) is 34.0. The molecule has 0 saturated heterocycles. The first-order valence-corrected chi connectivity index (χ1v) is 9.72. The summed E-state index contributed by atoms with van der Waals surface area (Å²) in [6.45, 7) is 3.56. The van der Waals surface area contributed by atoms with E-state index < -0.39 is 5.41 Å². The fourth-order valence-corrected chi connectivity index (χ4v) is 6.13. The number of aromatic nitrogens is 4. The molecule has 6 rings (SSSR count). The third-order valence-corrected chi connectivity index (χ3v) is 6.88. The van der Waals surface area contributed by atoms with E-state index in [9.17, 15) is 9.18 Å². The van der Waals surface area contributed by atoms with Crippen LogP contribution in [0.5, 0.6) is 0 Å². The van der Waals surface area contributed by atoms with E-state index in [0.717, 1.165) is 32.1 Å². The fraction of sp³-hybridized carbons (Fsp3) is 0.600. The molecule has 2 unspecified atom stereocenters. The topological polar surface area (TPSA) is 72.7 Å². The quantitative estimate of drug-likeness (QED) is 0.900. The summed E-state index contributed by atoms with van der Waals surface area (Å²) in [6.07, 6.45) is 5.77. The number of hydrogen-bond acceptors (Lipinski definition) is 4. The van der Waals surface area contributed by atoms with Crippen molar-refractivity contribution < 1.29 is 9.18 Å². The summed E-state index contributed by atoms with van der Waals surface area (Å²) in [7, 11) is 0. The molecule has 1 aromatic heterocycles. The second-order valence-corrected chi connectivity index (χ2v) is 9.01. The van der Waals surface area contributed by atoms with Crippen molar-refractivity contribution in [2.24, 2.45) is 17.3 Å².